The summed E-state index contributed by atoms with van der Waals surface area (Å²) in [4.78, 5) is 0. The Hall–Kier alpha value is -6.13. The standard InChI is InChI=1S/C24BF20.C24H32NS/c26-5-1(6(27)14(35)21(42)13(5)34)25(2-7(28)15(36)22(43)16(37)8(2)29,3-9(30)17(38)23(44)18(39)10(3)31)4-11(32)19(40)24(45)20(41)12(4)33;1-2-3-4-5-6-7-8-12-16-22-17-13-18-23-24(22)26-20-25(23)19-21-14-10-9-11-15-21/h;9-11,13-15,17-18,20H,2-8,12,16,19H2,1H3/q-1;+1. The number of thiazole rings is 1. The quantitative estimate of drug-likeness (QED) is 0.0241. The minimum absolute atomic E-state index is 0.960. The van der Waals surface area contributed by atoms with Crippen LogP contribution in [0.25, 0.3) is 10.2 Å². The lowest BCUT2D eigenvalue weighted by Gasteiger charge is -2.44. The normalized spacial score (nSPS) is 11.7. The topological polar surface area (TPSA) is 3.88 Å². The Kier molecular flexibility index (Phi) is 16.9. The van der Waals surface area contributed by atoms with Crippen LogP contribution in [0.4, 0.5) is 87.8 Å². The number of rotatable bonds is 15. The van der Waals surface area contributed by atoms with Gasteiger partial charge in [0.05, 0.1) is 0 Å². The summed E-state index contributed by atoms with van der Waals surface area (Å²) in [7, 11) is 0. The van der Waals surface area contributed by atoms with Crippen molar-refractivity contribution in [1.29, 1.82) is 0 Å². The van der Waals surface area contributed by atoms with E-state index in [2.05, 4.69) is 65.5 Å². The van der Waals surface area contributed by atoms with Gasteiger partial charge in [0, 0.05) is 11.6 Å². The Morgan fingerprint density at radius 2 is 0.690 bits per heavy atom. The van der Waals surface area contributed by atoms with E-state index in [1.807, 2.05) is 11.3 Å². The summed E-state index contributed by atoms with van der Waals surface area (Å²) >= 11 is 1.90. The van der Waals surface area contributed by atoms with Crippen molar-refractivity contribution in [3.05, 3.63) is 182 Å². The molecule has 1 aromatic heterocycles. The van der Waals surface area contributed by atoms with Crippen molar-refractivity contribution >= 4 is 49.6 Å². The average Bonchev–Trinajstić information content (AvgIpc) is 3.78. The molecule has 23 heteroatoms. The smallest absolute Gasteiger partial charge is 0.207 e. The Morgan fingerprint density at radius 1 is 0.366 bits per heavy atom. The Balaban J connectivity index is 0.000000268. The zero-order valence-corrected chi connectivity index (χ0v) is 37.1. The molecule has 0 atom stereocenters. The molecule has 0 unspecified atom stereocenters. The molecule has 0 bridgehead atoms. The van der Waals surface area contributed by atoms with Gasteiger partial charge in [-0.05, 0) is 18.4 Å². The number of hydrogen-bond acceptors (Lipinski definition) is 1. The van der Waals surface area contributed by atoms with E-state index >= 15 is 35.1 Å². The lowest BCUT2D eigenvalue weighted by Crippen LogP contribution is -2.81. The predicted octanol–water partition coefficient (Wildman–Crippen LogP) is 12.8. The molecule has 0 radical (unpaired) electrons. The number of unbranched alkanes of at least 4 members (excludes halogenated alkanes) is 7. The summed E-state index contributed by atoms with van der Waals surface area (Å²) < 4.78 is 298. The highest BCUT2D eigenvalue weighted by Crippen LogP contribution is 2.31. The molecule has 0 spiro atoms. The van der Waals surface area contributed by atoms with Gasteiger partial charge in [0.25, 0.3) is 0 Å². The molecule has 1 nitrogen and oxygen atoms in total. The van der Waals surface area contributed by atoms with Gasteiger partial charge in [-0.25, -0.2) is 87.8 Å². The molecular weight excluding hydrogens is 1010 g/mol. The average molecular weight is 1050 g/mol. The molecule has 7 aromatic rings. The number of benzene rings is 6. The molecule has 0 aliphatic heterocycles. The second-order valence-electron chi connectivity index (χ2n) is 16.1. The fraction of sp³-hybridized carbons (Fsp3) is 0.229. The highest BCUT2D eigenvalue weighted by Gasteiger charge is 2.52. The molecule has 0 amide bonds. The molecule has 378 valence electrons. The molecule has 0 aliphatic rings. The fourth-order valence-corrected chi connectivity index (χ4v) is 9.58. The molecule has 0 saturated heterocycles. The summed E-state index contributed by atoms with van der Waals surface area (Å²) in [6.45, 7) is 3.25. The molecule has 6 aromatic carbocycles. The Bertz CT molecular complexity index is 2740. The van der Waals surface area contributed by atoms with Crippen molar-refractivity contribution in [3.8, 4) is 0 Å². The third-order valence-electron chi connectivity index (χ3n) is 11.9. The zero-order valence-electron chi connectivity index (χ0n) is 36.3. The monoisotopic (exact) mass is 1050 g/mol. The largest absolute Gasteiger partial charge is 0.226 e. The fourth-order valence-electron chi connectivity index (χ4n) is 8.53. The van der Waals surface area contributed by atoms with Crippen molar-refractivity contribution in [3.63, 3.8) is 0 Å². The minimum atomic E-state index is -7.22. The molecule has 1 heterocycles. The summed E-state index contributed by atoms with van der Waals surface area (Å²) in [5.74, 6) is -71.4. The maximum atomic E-state index is 15.4. The second kappa shape index (κ2) is 22.1. The van der Waals surface area contributed by atoms with Crippen LogP contribution in [0.1, 0.15) is 69.4 Å². The van der Waals surface area contributed by atoms with Crippen LogP contribution in [-0.2, 0) is 13.0 Å². The first-order valence-corrected chi connectivity index (χ1v) is 22.1. The van der Waals surface area contributed by atoms with Crippen molar-refractivity contribution in [2.45, 2.75) is 71.3 Å². The predicted molar refractivity (Wildman–Crippen MR) is 223 cm³/mol. The highest BCUT2D eigenvalue weighted by molar-refractivity contribution is 7.20. The number of fused-ring (bicyclic) bond motifs is 1. The van der Waals surface area contributed by atoms with Gasteiger partial charge in [-0.15, -0.1) is 21.9 Å². The van der Waals surface area contributed by atoms with Crippen LogP contribution in [0.2, 0.25) is 0 Å². The molecule has 0 fully saturated rings. The van der Waals surface area contributed by atoms with Crippen LogP contribution in [0.15, 0.2) is 54.0 Å². The van der Waals surface area contributed by atoms with Crippen LogP contribution >= 0.6 is 11.3 Å². The molecule has 0 aliphatic carbocycles. The van der Waals surface area contributed by atoms with Crippen molar-refractivity contribution in [1.82, 2.24) is 0 Å². The van der Waals surface area contributed by atoms with Gasteiger partial charge in [-0.1, -0.05) is 106 Å². The van der Waals surface area contributed by atoms with Crippen LogP contribution in [0, 0.1) is 116 Å². The lowest BCUT2D eigenvalue weighted by molar-refractivity contribution is -0.658. The van der Waals surface area contributed by atoms with Crippen LogP contribution in [0.3, 0.4) is 0 Å². The van der Waals surface area contributed by atoms with Crippen LogP contribution < -0.4 is 26.4 Å². The maximum absolute atomic E-state index is 15.4. The highest BCUT2D eigenvalue weighted by atomic mass is 32.1. The van der Waals surface area contributed by atoms with Gasteiger partial charge in [-0.3, -0.25) is 0 Å². The summed E-state index contributed by atoms with van der Waals surface area (Å²) in [5.41, 5.74) is -7.76. The molecule has 0 N–H and O–H groups in total. The van der Waals surface area contributed by atoms with E-state index in [1.54, 1.807) is 0 Å². The van der Waals surface area contributed by atoms with E-state index in [-0.39, 0.29) is 0 Å². The number of halogens is 20. The number of nitrogens with zero attached hydrogens (tertiary/aromatic N) is 1. The second-order valence-corrected chi connectivity index (χ2v) is 17.0. The van der Waals surface area contributed by atoms with E-state index in [0.717, 1.165) is 6.54 Å². The van der Waals surface area contributed by atoms with Gasteiger partial charge in [0.2, 0.25) is 11.0 Å². The van der Waals surface area contributed by atoms with E-state index in [4.69, 9.17) is 0 Å². The Morgan fingerprint density at radius 3 is 1.04 bits per heavy atom. The number of hydrogen-bond donors (Lipinski definition) is 0. The lowest BCUT2D eigenvalue weighted by atomic mass is 9.12. The first-order chi connectivity index (χ1) is 33.6. The summed E-state index contributed by atoms with van der Waals surface area (Å²) in [6, 6.07) is 17.6. The molecule has 7 rings (SSSR count). The summed E-state index contributed by atoms with van der Waals surface area (Å²) in [6.07, 6.45) is 5.11. The van der Waals surface area contributed by atoms with Gasteiger partial charge >= 0.3 is 0 Å². The first kappa shape index (κ1) is 54.2. The SMILES string of the molecule is CCCCCCCCCCc1cccc2c1sc[n+]2Cc1ccccc1.Fc1c(F)c(F)c([B-](c2c(F)c(F)c(F)c(F)c2F)(c2c(F)c(F)c(F)c(F)c2F)c2c(F)c(F)c(F)c(F)c2F)c(F)c1F. The van der Waals surface area contributed by atoms with Gasteiger partial charge in [-0.2, -0.15) is 4.57 Å². The van der Waals surface area contributed by atoms with Gasteiger partial charge < -0.3 is 0 Å². The molecule has 0 saturated carbocycles. The Labute approximate surface area is 393 Å². The van der Waals surface area contributed by atoms with Crippen molar-refractivity contribution < 1.29 is 92.4 Å². The van der Waals surface area contributed by atoms with Crippen LogP contribution in [0.5, 0.6) is 0 Å². The number of aryl methyl sites for hydroxylation is 1. The minimum Gasteiger partial charge on any atom is -0.207 e. The maximum Gasteiger partial charge on any atom is 0.226 e. The molecule has 71 heavy (non-hydrogen) atoms. The first-order valence-electron chi connectivity index (χ1n) is 21.2. The van der Waals surface area contributed by atoms with E-state index in [1.165, 1.54) is 79.1 Å². The van der Waals surface area contributed by atoms with Gasteiger partial charge in [0.15, 0.2) is 76.4 Å². The third kappa shape index (κ3) is 9.69. The van der Waals surface area contributed by atoms with Crippen LogP contribution in [-0.4, -0.2) is 6.15 Å². The van der Waals surface area contributed by atoms with E-state index in [0.29, 0.717) is 0 Å². The van der Waals surface area contributed by atoms with E-state index in [9.17, 15) is 52.7 Å². The van der Waals surface area contributed by atoms with Gasteiger partial charge in [0.1, 0.15) is 57.4 Å². The molecular formula is C48H32BF20NS. The van der Waals surface area contributed by atoms with Crippen molar-refractivity contribution in [2.24, 2.45) is 0 Å². The third-order valence-corrected chi connectivity index (χ3v) is 13.0. The zero-order chi connectivity index (χ0) is 52.4. The van der Waals surface area contributed by atoms with Crippen molar-refractivity contribution in [2.75, 3.05) is 0 Å². The number of aromatic nitrogens is 1. The van der Waals surface area contributed by atoms with E-state index < -0.39 is 144 Å². The summed E-state index contributed by atoms with van der Waals surface area (Å²) in [5, 5.41) is 0.